The molecule has 2 nitrogen and oxygen atoms in total. The molecule has 0 atom stereocenters. The Balaban J connectivity index is 0.874. The summed E-state index contributed by atoms with van der Waals surface area (Å²) in [5.41, 5.74) is 30.9. The highest BCUT2D eigenvalue weighted by Crippen LogP contribution is 2.60. The predicted molar refractivity (Wildman–Crippen MR) is 358 cm³/mol. The van der Waals surface area contributed by atoms with E-state index in [1.54, 1.807) is 0 Å². The molecule has 4 aliphatic rings. The molecule has 11 aromatic carbocycles. The first-order valence-corrected chi connectivity index (χ1v) is 30.6. The zero-order chi connectivity index (χ0) is 58.4. The summed E-state index contributed by atoms with van der Waals surface area (Å²) in [5.74, 6) is 0. The van der Waals surface area contributed by atoms with Crippen molar-refractivity contribution < 1.29 is 0 Å². The van der Waals surface area contributed by atoms with E-state index in [2.05, 4.69) is 313 Å². The van der Waals surface area contributed by atoms with Gasteiger partial charge in [-0.15, -0.1) is 0 Å². The average molecular weight is 1090 g/mol. The van der Waals surface area contributed by atoms with Gasteiger partial charge in [0.2, 0.25) is 0 Å². The molecule has 0 bridgehead atoms. The number of fused-ring (bicyclic) bond motifs is 14. The lowest BCUT2D eigenvalue weighted by atomic mass is 9.74. The fourth-order valence-electron chi connectivity index (χ4n) is 16.3. The van der Waals surface area contributed by atoms with Crippen LogP contribution < -0.4 is 9.80 Å². The third-order valence-corrected chi connectivity index (χ3v) is 20.4. The Morgan fingerprint density at radius 1 is 0.226 bits per heavy atom. The molecular formula is C82H76N2. The number of anilines is 6. The molecule has 2 heteroatoms. The molecule has 15 rings (SSSR count). The summed E-state index contributed by atoms with van der Waals surface area (Å²) in [7, 11) is 0. The highest BCUT2D eigenvalue weighted by Gasteiger charge is 2.44. The van der Waals surface area contributed by atoms with Gasteiger partial charge in [0, 0.05) is 55.8 Å². The van der Waals surface area contributed by atoms with Crippen LogP contribution in [0.2, 0.25) is 0 Å². The molecule has 0 amide bonds. The van der Waals surface area contributed by atoms with E-state index >= 15 is 0 Å². The topological polar surface area (TPSA) is 6.48 Å². The molecule has 0 N–H and O–H groups in total. The second-order valence-electron chi connectivity index (χ2n) is 29.0. The van der Waals surface area contributed by atoms with Crippen molar-refractivity contribution in [3.05, 3.63) is 262 Å². The minimum absolute atomic E-state index is 0.0645. The Morgan fingerprint density at radius 2 is 0.500 bits per heavy atom. The van der Waals surface area contributed by atoms with Gasteiger partial charge in [-0.2, -0.15) is 0 Å². The summed E-state index contributed by atoms with van der Waals surface area (Å²) in [5, 5.41) is 5.21. The second kappa shape index (κ2) is 17.6. The Bertz CT molecular complexity index is 4310. The SMILES string of the molecule is CC(C)(C)c1c2ccc(N(c3ccccc3)c3ccc4c(c3)C(C)(C)c3cc5c(cc3-4)C(C)(C)c3ccccc3-5)cc2c(C(C)(C)C)c2ccc(N(c3ccccc3)c3ccc4c(c3)C(C)(C)c3cc5c(cc3-4)C(C)(C)c3ccccc3-5)cc12. The minimum atomic E-state index is -0.202. The van der Waals surface area contributed by atoms with Crippen LogP contribution in [0.15, 0.2) is 206 Å². The van der Waals surface area contributed by atoms with Crippen molar-refractivity contribution in [1.82, 2.24) is 0 Å². The fourth-order valence-corrected chi connectivity index (χ4v) is 16.3. The number of hydrogen-bond donors (Lipinski definition) is 0. The molecular weight excluding hydrogens is 1010 g/mol. The molecule has 11 aromatic rings. The lowest BCUT2D eigenvalue weighted by Crippen LogP contribution is -2.19. The maximum absolute atomic E-state index is 2.53. The van der Waals surface area contributed by atoms with Crippen LogP contribution in [0, 0.1) is 0 Å². The van der Waals surface area contributed by atoms with Crippen molar-refractivity contribution in [3.8, 4) is 44.5 Å². The van der Waals surface area contributed by atoms with Gasteiger partial charge in [0.1, 0.15) is 0 Å². The van der Waals surface area contributed by atoms with E-state index in [0.29, 0.717) is 0 Å². The standard InChI is InChI=1S/C82H76N2/c1-77(2,3)75-59-39-35-52(84(50-27-19-16-20-28-50)54-34-38-58-64-48-72-62(46-74(64)82(13,14)70(58)44-54)56-30-22-24-32-68(56)80(72,9)10)42-66(59)76(78(4,5)6)60-40-36-51(41-65(60)75)83(49-25-17-15-18-26-49)53-33-37-57-63-47-71-61(45-73(63)81(11,12)69(57)43-53)55-29-21-23-31-67(55)79(71,7)8/h15-48H,1-14H3. The Morgan fingerprint density at radius 3 is 0.845 bits per heavy atom. The number of benzene rings is 11. The van der Waals surface area contributed by atoms with Crippen molar-refractivity contribution in [1.29, 1.82) is 0 Å². The lowest BCUT2D eigenvalue weighted by Gasteiger charge is -2.33. The summed E-state index contributed by atoms with van der Waals surface area (Å²) in [6, 6.07) is 79.4. The third-order valence-electron chi connectivity index (χ3n) is 20.4. The smallest absolute Gasteiger partial charge is 0.0468 e. The van der Waals surface area contributed by atoms with E-state index in [1.165, 1.54) is 122 Å². The van der Waals surface area contributed by atoms with Gasteiger partial charge >= 0.3 is 0 Å². The molecule has 0 radical (unpaired) electrons. The van der Waals surface area contributed by atoms with Crippen LogP contribution in [0.5, 0.6) is 0 Å². The van der Waals surface area contributed by atoms with Crippen molar-refractivity contribution >= 4 is 55.7 Å². The van der Waals surface area contributed by atoms with E-state index in [-0.39, 0.29) is 32.5 Å². The maximum atomic E-state index is 2.53. The van der Waals surface area contributed by atoms with Crippen LogP contribution in [0.4, 0.5) is 34.1 Å². The second-order valence-corrected chi connectivity index (χ2v) is 29.0. The lowest BCUT2D eigenvalue weighted by molar-refractivity contribution is 0.593. The summed E-state index contributed by atoms with van der Waals surface area (Å²) in [4.78, 5) is 4.99. The van der Waals surface area contributed by atoms with E-state index in [9.17, 15) is 0 Å². The van der Waals surface area contributed by atoms with E-state index in [0.717, 1.165) is 34.1 Å². The van der Waals surface area contributed by atoms with E-state index in [1.807, 2.05) is 0 Å². The molecule has 0 saturated carbocycles. The molecule has 0 heterocycles. The fraction of sp³-hybridized carbons (Fsp3) is 0.244. The molecule has 0 unspecified atom stereocenters. The Kier molecular flexibility index (Phi) is 10.9. The van der Waals surface area contributed by atoms with Gasteiger partial charge in [0.15, 0.2) is 0 Å². The minimum Gasteiger partial charge on any atom is -0.310 e. The van der Waals surface area contributed by atoms with Gasteiger partial charge < -0.3 is 9.80 Å². The summed E-state index contributed by atoms with van der Waals surface area (Å²) < 4.78 is 0. The van der Waals surface area contributed by atoms with Crippen molar-refractivity contribution in [2.75, 3.05) is 9.80 Å². The molecule has 4 aliphatic carbocycles. The molecule has 0 aliphatic heterocycles. The Labute approximate surface area is 498 Å². The number of para-hydroxylation sites is 2. The van der Waals surface area contributed by atoms with Crippen LogP contribution in [0.25, 0.3) is 66.1 Å². The molecule has 0 fully saturated rings. The summed E-state index contributed by atoms with van der Waals surface area (Å²) in [6.07, 6.45) is 0. The zero-order valence-electron chi connectivity index (χ0n) is 51.5. The van der Waals surface area contributed by atoms with Crippen LogP contribution in [-0.4, -0.2) is 0 Å². The van der Waals surface area contributed by atoms with Gasteiger partial charge in [-0.1, -0.05) is 206 Å². The first kappa shape index (κ1) is 52.4. The van der Waals surface area contributed by atoms with E-state index < -0.39 is 0 Å². The van der Waals surface area contributed by atoms with Crippen molar-refractivity contribution in [2.45, 2.75) is 129 Å². The first-order chi connectivity index (χ1) is 40.0. The number of nitrogens with zero attached hydrogens (tertiary/aromatic N) is 2. The zero-order valence-corrected chi connectivity index (χ0v) is 51.5. The van der Waals surface area contributed by atoms with Gasteiger partial charge in [0.05, 0.1) is 0 Å². The van der Waals surface area contributed by atoms with Crippen LogP contribution in [0.1, 0.15) is 153 Å². The summed E-state index contributed by atoms with van der Waals surface area (Å²) in [6.45, 7) is 33.7. The van der Waals surface area contributed by atoms with Gasteiger partial charge in [-0.3, -0.25) is 0 Å². The maximum Gasteiger partial charge on any atom is 0.0468 e. The largest absolute Gasteiger partial charge is 0.310 e. The van der Waals surface area contributed by atoms with Gasteiger partial charge in [-0.25, -0.2) is 0 Å². The third kappa shape index (κ3) is 7.34. The molecule has 0 spiro atoms. The predicted octanol–water partition coefficient (Wildman–Crippen LogP) is 22.8. The van der Waals surface area contributed by atoms with Crippen molar-refractivity contribution in [3.63, 3.8) is 0 Å². The highest BCUT2D eigenvalue weighted by molar-refractivity contribution is 6.10. The van der Waals surface area contributed by atoms with Crippen LogP contribution in [-0.2, 0) is 32.5 Å². The normalized spacial score (nSPS) is 15.9. The summed E-state index contributed by atoms with van der Waals surface area (Å²) >= 11 is 0. The van der Waals surface area contributed by atoms with Gasteiger partial charge in [-0.05, 0) is 230 Å². The molecule has 414 valence electrons. The van der Waals surface area contributed by atoms with Crippen molar-refractivity contribution in [2.24, 2.45) is 0 Å². The number of rotatable bonds is 6. The Hall–Kier alpha value is -8.46. The molecule has 0 aromatic heterocycles. The number of hydrogen-bond acceptors (Lipinski definition) is 2. The van der Waals surface area contributed by atoms with E-state index in [4.69, 9.17) is 0 Å². The molecule has 0 saturated heterocycles. The average Bonchev–Trinajstić information content (AvgIpc) is 3.51. The monoisotopic (exact) mass is 1090 g/mol. The van der Waals surface area contributed by atoms with Gasteiger partial charge in [0.25, 0.3) is 0 Å². The quantitative estimate of drug-likeness (QED) is 0.153. The van der Waals surface area contributed by atoms with Crippen LogP contribution >= 0.6 is 0 Å². The molecule has 84 heavy (non-hydrogen) atoms. The highest BCUT2D eigenvalue weighted by atomic mass is 15.1. The van der Waals surface area contributed by atoms with Crippen LogP contribution in [0.3, 0.4) is 0 Å². The first-order valence-electron chi connectivity index (χ1n) is 30.6.